The Bertz CT molecular complexity index is 625. The summed E-state index contributed by atoms with van der Waals surface area (Å²) in [7, 11) is 1.33. The molecule has 1 aliphatic carbocycles. The number of benzene rings is 1. The average Bonchev–Trinajstić information content (AvgIpc) is 2.74. The highest BCUT2D eigenvalue weighted by Crippen LogP contribution is 2.40. The number of Topliss-reactive ketones (excluding diaryl/α,β-unsaturated/α-hetero) is 1. The summed E-state index contributed by atoms with van der Waals surface area (Å²) in [6.07, 6.45) is -1.10. The van der Waals surface area contributed by atoms with Gasteiger partial charge in [0.2, 0.25) is 0 Å². The Morgan fingerprint density at radius 2 is 2.11 bits per heavy atom. The maximum absolute atomic E-state index is 12.1. The van der Waals surface area contributed by atoms with E-state index in [1.165, 1.54) is 7.11 Å². The first-order chi connectivity index (χ1) is 8.55. The van der Waals surface area contributed by atoms with Gasteiger partial charge in [-0.25, -0.2) is 0 Å². The van der Waals surface area contributed by atoms with Crippen LogP contribution in [0.4, 0.5) is 0 Å². The van der Waals surface area contributed by atoms with Crippen molar-refractivity contribution in [1.82, 2.24) is 0 Å². The fourth-order valence-corrected chi connectivity index (χ4v) is 2.39. The maximum atomic E-state index is 12.1. The number of fused-ring (bicyclic) bond motifs is 3. The second-order valence-corrected chi connectivity index (χ2v) is 4.38. The van der Waals surface area contributed by atoms with Crippen molar-refractivity contribution in [2.24, 2.45) is 0 Å². The Morgan fingerprint density at radius 3 is 2.83 bits per heavy atom. The van der Waals surface area contributed by atoms with Gasteiger partial charge in [-0.2, -0.15) is 0 Å². The molecule has 0 saturated heterocycles. The van der Waals surface area contributed by atoms with Gasteiger partial charge >= 0.3 is 0 Å². The van der Waals surface area contributed by atoms with E-state index < -0.39 is 11.9 Å². The number of furan rings is 1. The Morgan fingerprint density at radius 1 is 1.39 bits per heavy atom. The Kier molecular flexibility index (Phi) is 2.31. The lowest BCUT2D eigenvalue weighted by Crippen LogP contribution is -2.45. The van der Waals surface area contributed by atoms with Crippen LogP contribution in [-0.2, 0) is 10.5 Å². The molecule has 94 valence electrons. The van der Waals surface area contributed by atoms with Gasteiger partial charge in [0.1, 0.15) is 11.7 Å². The topological polar surface area (TPSA) is 79.9 Å². The molecule has 1 aromatic carbocycles. The fourth-order valence-electron chi connectivity index (χ4n) is 2.39. The van der Waals surface area contributed by atoms with Crippen molar-refractivity contribution in [3.05, 3.63) is 35.6 Å². The molecule has 0 spiro atoms. The van der Waals surface area contributed by atoms with Crippen molar-refractivity contribution in [3.63, 3.8) is 0 Å². The van der Waals surface area contributed by atoms with Crippen molar-refractivity contribution < 1.29 is 24.2 Å². The first-order valence-corrected chi connectivity index (χ1v) is 5.58. The van der Waals surface area contributed by atoms with Crippen LogP contribution >= 0.6 is 0 Å². The van der Waals surface area contributed by atoms with E-state index in [1.807, 2.05) is 0 Å². The van der Waals surface area contributed by atoms with Gasteiger partial charge in [-0.1, -0.05) is 18.2 Å². The summed E-state index contributed by atoms with van der Waals surface area (Å²) >= 11 is 0. The summed E-state index contributed by atoms with van der Waals surface area (Å²) in [6, 6.07) is 6.92. The van der Waals surface area contributed by atoms with E-state index in [-0.39, 0.29) is 23.5 Å². The van der Waals surface area contributed by atoms with Crippen LogP contribution in [0, 0.1) is 0 Å². The Hall–Kier alpha value is -1.69. The molecule has 0 amide bonds. The summed E-state index contributed by atoms with van der Waals surface area (Å²) in [5.74, 6) is -2.62. The number of carbonyl (C=O) groups is 1. The van der Waals surface area contributed by atoms with Gasteiger partial charge in [0.25, 0.3) is 5.79 Å². The molecule has 1 aliphatic rings. The first-order valence-electron chi connectivity index (χ1n) is 5.58. The van der Waals surface area contributed by atoms with Crippen molar-refractivity contribution in [2.45, 2.75) is 18.3 Å². The lowest BCUT2D eigenvalue weighted by molar-refractivity contribution is -0.252. The SMILES string of the molecule is COC1CC(=O)c2c(oc3ccccc23)C1(O)O. The van der Waals surface area contributed by atoms with Crippen LogP contribution in [0.15, 0.2) is 28.7 Å². The molecule has 0 radical (unpaired) electrons. The zero-order chi connectivity index (χ0) is 12.9. The smallest absolute Gasteiger partial charge is 0.251 e. The van der Waals surface area contributed by atoms with Crippen LogP contribution in [0.1, 0.15) is 22.5 Å². The summed E-state index contributed by atoms with van der Waals surface area (Å²) in [4.78, 5) is 12.1. The van der Waals surface area contributed by atoms with Gasteiger partial charge in [0, 0.05) is 18.9 Å². The molecule has 0 saturated carbocycles. The molecular weight excluding hydrogens is 236 g/mol. The number of hydrogen-bond donors (Lipinski definition) is 2. The van der Waals surface area contributed by atoms with Crippen LogP contribution < -0.4 is 0 Å². The molecule has 2 aromatic rings. The third-order valence-corrected chi connectivity index (χ3v) is 3.31. The van der Waals surface area contributed by atoms with E-state index in [9.17, 15) is 15.0 Å². The molecule has 3 rings (SSSR count). The number of hydrogen-bond acceptors (Lipinski definition) is 5. The fraction of sp³-hybridized carbons (Fsp3) is 0.308. The molecule has 18 heavy (non-hydrogen) atoms. The molecule has 0 bridgehead atoms. The Balaban J connectivity index is 2.32. The molecule has 1 heterocycles. The molecular formula is C13H12O5. The normalized spacial score (nSPS) is 22.2. The second-order valence-electron chi connectivity index (χ2n) is 4.38. The van der Waals surface area contributed by atoms with Crippen LogP contribution in [0.2, 0.25) is 0 Å². The minimum absolute atomic E-state index is 0.0833. The lowest BCUT2D eigenvalue weighted by atomic mass is 9.88. The minimum Gasteiger partial charge on any atom is -0.454 e. The number of ether oxygens (including phenoxy) is 1. The van der Waals surface area contributed by atoms with Crippen LogP contribution in [0.25, 0.3) is 11.0 Å². The monoisotopic (exact) mass is 248 g/mol. The predicted octanol–water partition coefficient (Wildman–Crippen LogP) is 1.17. The second kappa shape index (κ2) is 3.65. The van der Waals surface area contributed by atoms with E-state index >= 15 is 0 Å². The number of methoxy groups -OCH3 is 1. The minimum atomic E-state index is -2.28. The van der Waals surface area contributed by atoms with Gasteiger partial charge in [0.05, 0.1) is 5.56 Å². The molecule has 2 N–H and O–H groups in total. The zero-order valence-electron chi connectivity index (χ0n) is 9.71. The van der Waals surface area contributed by atoms with Gasteiger partial charge < -0.3 is 19.4 Å². The van der Waals surface area contributed by atoms with Gasteiger partial charge in [0.15, 0.2) is 11.5 Å². The molecule has 1 unspecified atom stereocenters. The van der Waals surface area contributed by atoms with E-state index in [0.717, 1.165) is 0 Å². The number of para-hydroxylation sites is 1. The van der Waals surface area contributed by atoms with Gasteiger partial charge in [-0.15, -0.1) is 0 Å². The van der Waals surface area contributed by atoms with Crippen molar-refractivity contribution in [1.29, 1.82) is 0 Å². The molecule has 5 heteroatoms. The van der Waals surface area contributed by atoms with E-state index in [2.05, 4.69) is 0 Å². The summed E-state index contributed by atoms with van der Waals surface area (Å²) in [5, 5.41) is 20.8. The molecule has 0 aliphatic heterocycles. The van der Waals surface area contributed by atoms with Crippen molar-refractivity contribution >= 4 is 16.8 Å². The largest absolute Gasteiger partial charge is 0.454 e. The van der Waals surface area contributed by atoms with Gasteiger partial charge in [-0.05, 0) is 6.07 Å². The lowest BCUT2D eigenvalue weighted by Gasteiger charge is -2.31. The third kappa shape index (κ3) is 1.35. The molecule has 1 aromatic heterocycles. The number of aliphatic hydroxyl groups is 2. The molecule has 1 atom stereocenters. The van der Waals surface area contributed by atoms with E-state index in [0.29, 0.717) is 11.0 Å². The highest BCUT2D eigenvalue weighted by Gasteiger charge is 2.49. The maximum Gasteiger partial charge on any atom is 0.251 e. The third-order valence-electron chi connectivity index (χ3n) is 3.31. The number of ketones is 1. The van der Waals surface area contributed by atoms with Crippen LogP contribution in [0.5, 0.6) is 0 Å². The highest BCUT2D eigenvalue weighted by molar-refractivity contribution is 6.09. The quantitative estimate of drug-likeness (QED) is 0.740. The van der Waals surface area contributed by atoms with Gasteiger partial charge in [-0.3, -0.25) is 4.79 Å². The summed E-state index contributed by atoms with van der Waals surface area (Å²) in [6.45, 7) is 0. The first kappa shape index (κ1) is 11.4. The van der Waals surface area contributed by atoms with Crippen LogP contribution in [0.3, 0.4) is 0 Å². The number of rotatable bonds is 1. The zero-order valence-corrected chi connectivity index (χ0v) is 9.71. The molecule has 0 fully saturated rings. The highest BCUT2D eigenvalue weighted by atomic mass is 16.6. The average molecular weight is 248 g/mol. The van der Waals surface area contributed by atoms with Crippen LogP contribution in [-0.4, -0.2) is 29.2 Å². The summed E-state index contributed by atoms with van der Waals surface area (Å²) in [5.41, 5.74) is 0.698. The van der Waals surface area contributed by atoms with Crippen molar-refractivity contribution in [2.75, 3.05) is 7.11 Å². The van der Waals surface area contributed by atoms with Crippen molar-refractivity contribution in [3.8, 4) is 0 Å². The standard InChI is InChI=1S/C13H12O5/c1-17-10-6-8(14)11-7-4-2-3-5-9(7)18-12(11)13(10,15)16/h2-5,10,15-16H,6H2,1H3. The van der Waals surface area contributed by atoms with E-state index in [4.69, 9.17) is 9.15 Å². The van der Waals surface area contributed by atoms with E-state index in [1.54, 1.807) is 24.3 Å². The summed E-state index contributed by atoms with van der Waals surface area (Å²) < 4.78 is 10.4. The predicted molar refractivity (Wildman–Crippen MR) is 62.1 cm³/mol. The molecule has 5 nitrogen and oxygen atoms in total. The number of carbonyl (C=O) groups excluding carboxylic acids is 1. The Labute approximate surface area is 103 Å².